The molecule has 0 bridgehead atoms. The molecule has 3 rings (SSSR count). The van der Waals surface area contributed by atoms with Crippen molar-refractivity contribution in [2.45, 2.75) is 25.8 Å². The van der Waals surface area contributed by atoms with E-state index >= 15 is 0 Å². The SMILES string of the molecule is CC(C)N1CC=C2[C@@H](C1)[C@H](c1ccc(OCC(N)=O)cc1)C(C#N)=C(N)C2(C#N)C#N. The average molecular weight is 416 g/mol. The predicted octanol–water partition coefficient (Wildman–Crippen LogP) is 1.68. The summed E-state index contributed by atoms with van der Waals surface area (Å²) in [6, 6.07) is 13.6. The summed E-state index contributed by atoms with van der Waals surface area (Å²) in [5.74, 6) is -0.762. The van der Waals surface area contributed by atoms with Gasteiger partial charge < -0.3 is 16.2 Å². The average Bonchev–Trinajstić information content (AvgIpc) is 2.77. The quantitative estimate of drug-likeness (QED) is 0.692. The Balaban J connectivity index is 2.13. The summed E-state index contributed by atoms with van der Waals surface area (Å²) < 4.78 is 5.33. The van der Waals surface area contributed by atoms with E-state index in [9.17, 15) is 20.6 Å². The lowest BCUT2D eigenvalue weighted by Crippen LogP contribution is -2.48. The summed E-state index contributed by atoms with van der Waals surface area (Å²) in [7, 11) is 0. The minimum atomic E-state index is -1.64. The van der Waals surface area contributed by atoms with Crippen molar-refractivity contribution in [3.05, 3.63) is 52.7 Å². The third kappa shape index (κ3) is 3.72. The predicted molar refractivity (Wildman–Crippen MR) is 113 cm³/mol. The fourth-order valence-corrected chi connectivity index (χ4v) is 4.39. The van der Waals surface area contributed by atoms with Gasteiger partial charge in [-0.05, 0) is 37.1 Å². The summed E-state index contributed by atoms with van der Waals surface area (Å²) in [5.41, 5.74) is 11.5. The highest BCUT2D eigenvalue weighted by Crippen LogP contribution is 2.53. The van der Waals surface area contributed by atoms with Gasteiger partial charge in [0, 0.05) is 31.0 Å². The van der Waals surface area contributed by atoms with Gasteiger partial charge in [-0.2, -0.15) is 15.8 Å². The van der Waals surface area contributed by atoms with Crippen LogP contribution in [0.1, 0.15) is 25.3 Å². The van der Waals surface area contributed by atoms with Gasteiger partial charge in [-0.3, -0.25) is 9.69 Å². The van der Waals surface area contributed by atoms with Crippen molar-refractivity contribution in [2.75, 3.05) is 19.7 Å². The van der Waals surface area contributed by atoms with E-state index in [0.29, 0.717) is 24.4 Å². The van der Waals surface area contributed by atoms with E-state index in [1.807, 2.05) is 18.2 Å². The van der Waals surface area contributed by atoms with Crippen LogP contribution < -0.4 is 16.2 Å². The Morgan fingerprint density at radius 2 is 1.90 bits per heavy atom. The zero-order chi connectivity index (χ0) is 22.8. The van der Waals surface area contributed by atoms with Crippen molar-refractivity contribution in [1.29, 1.82) is 15.8 Å². The number of nitrogens with two attached hydrogens (primary N) is 2. The molecule has 0 spiro atoms. The van der Waals surface area contributed by atoms with Crippen molar-refractivity contribution in [3.63, 3.8) is 0 Å². The van der Waals surface area contributed by atoms with Crippen LogP contribution in [-0.4, -0.2) is 36.5 Å². The Bertz CT molecular complexity index is 1050. The molecule has 0 saturated heterocycles. The summed E-state index contributed by atoms with van der Waals surface area (Å²) in [6.07, 6.45) is 1.92. The largest absolute Gasteiger partial charge is 0.484 e. The van der Waals surface area contributed by atoms with Crippen molar-refractivity contribution in [2.24, 2.45) is 22.8 Å². The molecule has 31 heavy (non-hydrogen) atoms. The number of carbonyl (C=O) groups is 1. The molecule has 0 aromatic heterocycles. The third-order valence-electron chi connectivity index (χ3n) is 6.02. The number of carbonyl (C=O) groups excluding carboxylic acids is 1. The van der Waals surface area contributed by atoms with Crippen LogP contribution in [0.5, 0.6) is 5.75 Å². The lowest BCUT2D eigenvalue weighted by molar-refractivity contribution is -0.119. The first-order chi connectivity index (χ1) is 14.8. The first kappa shape index (κ1) is 21.9. The fraction of sp³-hybridized carbons (Fsp3) is 0.391. The molecular weight excluding hydrogens is 392 g/mol. The van der Waals surface area contributed by atoms with Gasteiger partial charge in [0.15, 0.2) is 6.61 Å². The number of ether oxygens (including phenoxy) is 1. The molecule has 8 heteroatoms. The molecule has 4 N–H and O–H groups in total. The number of benzene rings is 1. The van der Waals surface area contributed by atoms with Crippen LogP contribution in [0.15, 0.2) is 47.2 Å². The lowest BCUT2D eigenvalue weighted by Gasteiger charge is -2.46. The summed E-state index contributed by atoms with van der Waals surface area (Å²) in [6.45, 7) is 5.14. The standard InChI is InChI=1S/C23H24N6O2/c1-14(2)29-8-7-19-18(10-29)21(17(9-24)22(28)23(19,12-25)13-26)15-3-5-16(6-4-15)31-11-20(27)30/h3-7,14,18,21H,8,10-11,28H2,1-2H3,(H2,27,30)/t18-,21-/m1/s1. The lowest BCUT2D eigenvalue weighted by atomic mass is 9.60. The molecule has 1 aliphatic carbocycles. The molecule has 0 unspecified atom stereocenters. The van der Waals surface area contributed by atoms with Gasteiger partial charge in [-0.1, -0.05) is 18.2 Å². The minimum absolute atomic E-state index is 0.000415. The maximum absolute atomic E-state index is 10.9. The van der Waals surface area contributed by atoms with Gasteiger partial charge in [0.1, 0.15) is 5.75 Å². The van der Waals surface area contributed by atoms with Gasteiger partial charge in [-0.15, -0.1) is 0 Å². The molecule has 2 atom stereocenters. The Hall–Kier alpha value is -3.80. The minimum Gasteiger partial charge on any atom is -0.484 e. The van der Waals surface area contributed by atoms with Crippen LogP contribution >= 0.6 is 0 Å². The first-order valence-corrected chi connectivity index (χ1v) is 9.97. The van der Waals surface area contributed by atoms with E-state index in [1.165, 1.54) is 0 Å². The second-order valence-electron chi connectivity index (χ2n) is 8.03. The van der Waals surface area contributed by atoms with Crippen molar-refractivity contribution < 1.29 is 9.53 Å². The smallest absolute Gasteiger partial charge is 0.255 e. The molecular formula is C23H24N6O2. The van der Waals surface area contributed by atoms with Gasteiger partial charge in [-0.25, -0.2) is 0 Å². The number of nitriles is 3. The second kappa shape index (κ2) is 8.52. The molecule has 1 aromatic rings. The van der Waals surface area contributed by atoms with E-state index in [2.05, 4.69) is 37.0 Å². The number of amides is 1. The topological polar surface area (TPSA) is 153 Å². The van der Waals surface area contributed by atoms with E-state index in [4.69, 9.17) is 16.2 Å². The molecule has 0 fully saturated rings. The zero-order valence-corrected chi connectivity index (χ0v) is 17.5. The van der Waals surface area contributed by atoms with Crippen LogP contribution in [0.4, 0.5) is 0 Å². The number of primary amides is 1. The van der Waals surface area contributed by atoms with Crippen molar-refractivity contribution >= 4 is 5.91 Å². The van der Waals surface area contributed by atoms with Crippen LogP contribution in [0, 0.1) is 45.3 Å². The number of nitrogens with zero attached hydrogens (tertiary/aromatic N) is 4. The Morgan fingerprint density at radius 1 is 1.26 bits per heavy atom. The Morgan fingerprint density at radius 3 is 2.42 bits per heavy atom. The molecule has 1 aliphatic heterocycles. The monoisotopic (exact) mass is 416 g/mol. The highest BCUT2D eigenvalue weighted by molar-refractivity contribution is 5.75. The van der Waals surface area contributed by atoms with E-state index in [1.54, 1.807) is 12.1 Å². The molecule has 2 aliphatic rings. The molecule has 1 amide bonds. The van der Waals surface area contributed by atoms with Crippen LogP contribution in [-0.2, 0) is 4.79 Å². The maximum Gasteiger partial charge on any atom is 0.255 e. The number of hydrogen-bond donors (Lipinski definition) is 2. The van der Waals surface area contributed by atoms with Crippen LogP contribution in [0.25, 0.3) is 0 Å². The number of allylic oxidation sites excluding steroid dienone is 2. The third-order valence-corrected chi connectivity index (χ3v) is 6.02. The van der Waals surface area contributed by atoms with E-state index in [-0.39, 0.29) is 29.8 Å². The summed E-state index contributed by atoms with van der Waals surface area (Å²) in [5, 5.41) is 29.8. The summed E-state index contributed by atoms with van der Waals surface area (Å²) in [4.78, 5) is 13.2. The van der Waals surface area contributed by atoms with E-state index in [0.717, 1.165) is 5.56 Å². The molecule has 0 saturated carbocycles. The van der Waals surface area contributed by atoms with Crippen LogP contribution in [0.3, 0.4) is 0 Å². The number of fused-ring (bicyclic) bond motifs is 1. The highest BCUT2D eigenvalue weighted by atomic mass is 16.5. The van der Waals surface area contributed by atoms with Crippen molar-refractivity contribution in [3.8, 4) is 24.0 Å². The van der Waals surface area contributed by atoms with Gasteiger partial charge in [0.25, 0.3) is 5.91 Å². The van der Waals surface area contributed by atoms with Gasteiger partial charge >= 0.3 is 0 Å². The number of rotatable bonds is 5. The fourth-order valence-electron chi connectivity index (χ4n) is 4.39. The normalized spacial score (nSPS) is 22.5. The van der Waals surface area contributed by atoms with E-state index < -0.39 is 17.2 Å². The van der Waals surface area contributed by atoms with Gasteiger partial charge in [0.2, 0.25) is 5.41 Å². The molecule has 158 valence electrons. The maximum atomic E-state index is 10.9. The first-order valence-electron chi connectivity index (χ1n) is 9.97. The Labute approximate surface area is 181 Å². The van der Waals surface area contributed by atoms with Crippen LogP contribution in [0.2, 0.25) is 0 Å². The van der Waals surface area contributed by atoms with Crippen molar-refractivity contribution in [1.82, 2.24) is 4.90 Å². The molecule has 8 nitrogen and oxygen atoms in total. The summed E-state index contributed by atoms with van der Waals surface area (Å²) >= 11 is 0. The number of hydrogen-bond acceptors (Lipinski definition) is 7. The molecule has 1 heterocycles. The van der Waals surface area contributed by atoms with Gasteiger partial charge in [0.05, 0.1) is 29.5 Å². The Kier molecular flexibility index (Phi) is 6.02. The highest BCUT2D eigenvalue weighted by Gasteiger charge is 2.52. The second-order valence-corrected chi connectivity index (χ2v) is 8.03. The zero-order valence-electron chi connectivity index (χ0n) is 17.5. The molecule has 0 radical (unpaired) electrons. The molecule has 1 aromatic carbocycles.